The lowest BCUT2D eigenvalue weighted by Gasteiger charge is -2.34. The second-order valence-corrected chi connectivity index (χ2v) is 7.17. The number of nitrogens with zero attached hydrogens (tertiary/aromatic N) is 1. The van der Waals surface area contributed by atoms with E-state index in [1.54, 1.807) is 0 Å². The van der Waals surface area contributed by atoms with Crippen LogP contribution in [0.3, 0.4) is 0 Å². The van der Waals surface area contributed by atoms with Gasteiger partial charge in [-0.25, -0.2) is 0 Å². The highest BCUT2D eigenvalue weighted by Gasteiger charge is 2.30. The molecule has 2 heterocycles. The maximum Gasteiger partial charge on any atom is 0.270 e. The van der Waals surface area contributed by atoms with Crippen LogP contribution in [0.15, 0.2) is 30.3 Å². The van der Waals surface area contributed by atoms with Crippen molar-refractivity contribution in [2.24, 2.45) is 5.92 Å². The summed E-state index contributed by atoms with van der Waals surface area (Å²) in [6, 6.07) is 9.68. The van der Waals surface area contributed by atoms with Gasteiger partial charge in [0.05, 0.1) is 6.10 Å². The second kappa shape index (κ2) is 7.46. The summed E-state index contributed by atoms with van der Waals surface area (Å²) in [7, 11) is 0. The smallest absolute Gasteiger partial charge is 0.270 e. The topological polar surface area (TPSA) is 73.4 Å². The van der Waals surface area contributed by atoms with Gasteiger partial charge in [0, 0.05) is 24.3 Å². The van der Waals surface area contributed by atoms with Gasteiger partial charge in [-0.1, -0.05) is 30.3 Å². The van der Waals surface area contributed by atoms with Gasteiger partial charge in [-0.15, -0.1) is 0 Å². The molecule has 1 aromatic carbocycles. The van der Waals surface area contributed by atoms with Crippen molar-refractivity contribution >= 4 is 11.7 Å². The van der Waals surface area contributed by atoms with Crippen molar-refractivity contribution in [2.75, 3.05) is 13.1 Å². The average Bonchev–Trinajstić information content (AvgIpc) is 2.95. The van der Waals surface area contributed by atoms with E-state index in [0.717, 1.165) is 29.7 Å². The number of aryl methyl sites for hydroxylation is 1. The van der Waals surface area contributed by atoms with E-state index in [0.29, 0.717) is 24.3 Å². The lowest BCUT2D eigenvalue weighted by Crippen LogP contribution is -2.40. The van der Waals surface area contributed by atoms with Crippen LogP contribution in [-0.4, -0.2) is 39.8 Å². The Morgan fingerprint density at radius 1 is 1.15 bits per heavy atom. The molecule has 0 radical (unpaired) electrons. The Labute approximate surface area is 154 Å². The summed E-state index contributed by atoms with van der Waals surface area (Å²) in [6.45, 7) is 6.39. The molecule has 1 aliphatic rings. The summed E-state index contributed by atoms with van der Waals surface area (Å²) in [5, 5.41) is 10.6. The molecule has 1 saturated heterocycles. The molecular formula is C21H26N2O3. The van der Waals surface area contributed by atoms with Crippen LogP contribution >= 0.6 is 0 Å². The van der Waals surface area contributed by atoms with Crippen LogP contribution in [0.2, 0.25) is 0 Å². The number of amides is 1. The number of hydrogen-bond donors (Lipinski definition) is 2. The maximum absolute atomic E-state index is 12.9. The summed E-state index contributed by atoms with van der Waals surface area (Å²) < 4.78 is 0. The van der Waals surface area contributed by atoms with Crippen molar-refractivity contribution in [2.45, 2.75) is 39.7 Å². The number of rotatable bonds is 4. The molecule has 0 saturated carbocycles. The van der Waals surface area contributed by atoms with Gasteiger partial charge in [0.15, 0.2) is 5.78 Å². The lowest BCUT2D eigenvalue weighted by molar-refractivity contribution is 0.0458. The zero-order valence-electron chi connectivity index (χ0n) is 15.6. The molecule has 5 heteroatoms. The largest absolute Gasteiger partial charge is 0.388 e. The highest BCUT2D eigenvalue weighted by molar-refractivity contribution is 6.02. The Bertz CT molecular complexity index is 802. The fourth-order valence-electron chi connectivity index (χ4n) is 3.99. The molecule has 138 valence electrons. The van der Waals surface area contributed by atoms with E-state index in [-0.39, 0.29) is 17.6 Å². The van der Waals surface area contributed by atoms with Crippen molar-refractivity contribution in [1.82, 2.24) is 9.88 Å². The normalized spacial score (nSPS) is 16.5. The van der Waals surface area contributed by atoms with E-state index in [1.165, 1.54) is 6.92 Å². The van der Waals surface area contributed by atoms with Crippen LogP contribution in [0.25, 0.3) is 0 Å². The summed E-state index contributed by atoms with van der Waals surface area (Å²) in [5.41, 5.74) is 3.52. The van der Waals surface area contributed by atoms with E-state index in [1.807, 2.05) is 49.1 Å². The number of nitrogens with one attached hydrogen (secondary N) is 1. The number of aliphatic hydroxyl groups is 1. The van der Waals surface area contributed by atoms with Gasteiger partial charge >= 0.3 is 0 Å². The summed E-state index contributed by atoms with van der Waals surface area (Å²) in [5.74, 6) is 0.0615. The van der Waals surface area contributed by atoms with Gasteiger partial charge in [-0.3, -0.25) is 9.59 Å². The van der Waals surface area contributed by atoms with Gasteiger partial charge in [-0.05, 0) is 50.7 Å². The third-order valence-electron chi connectivity index (χ3n) is 5.42. The first-order chi connectivity index (χ1) is 12.4. The van der Waals surface area contributed by atoms with E-state index in [4.69, 9.17) is 0 Å². The van der Waals surface area contributed by atoms with Crippen molar-refractivity contribution in [1.29, 1.82) is 0 Å². The van der Waals surface area contributed by atoms with Crippen molar-refractivity contribution in [3.63, 3.8) is 0 Å². The molecule has 5 nitrogen and oxygen atoms in total. The Morgan fingerprint density at radius 2 is 1.77 bits per heavy atom. The molecule has 3 rings (SSSR count). The highest BCUT2D eigenvalue weighted by Crippen LogP contribution is 2.31. The number of likely N-dealkylation sites (tertiary alicyclic amines) is 1. The summed E-state index contributed by atoms with van der Waals surface area (Å²) >= 11 is 0. The third-order valence-corrected chi connectivity index (χ3v) is 5.42. The third kappa shape index (κ3) is 3.44. The van der Waals surface area contributed by atoms with Gasteiger partial charge in [0.2, 0.25) is 0 Å². The first kappa shape index (κ1) is 18.4. The van der Waals surface area contributed by atoms with Crippen molar-refractivity contribution < 1.29 is 14.7 Å². The van der Waals surface area contributed by atoms with E-state index < -0.39 is 6.10 Å². The van der Waals surface area contributed by atoms with Gasteiger partial charge in [0.1, 0.15) is 5.69 Å². The maximum atomic E-state index is 12.9. The predicted molar refractivity (Wildman–Crippen MR) is 100 cm³/mol. The SMILES string of the molecule is CC(=O)c1c(C)[nH]c(C(=O)N2CCC([C@@H](O)c3ccccc3)CC2)c1C. The number of aliphatic hydroxyl groups excluding tert-OH is 1. The monoisotopic (exact) mass is 354 g/mol. The average molecular weight is 354 g/mol. The summed E-state index contributed by atoms with van der Waals surface area (Å²) in [4.78, 5) is 29.6. The number of ketones is 1. The second-order valence-electron chi connectivity index (χ2n) is 7.17. The number of carbonyl (C=O) groups is 2. The molecule has 26 heavy (non-hydrogen) atoms. The minimum Gasteiger partial charge on any atom is -0.388 e. The molecule has 1 fully saturated rings. The molecule has 1 amide bonds. The molecule has 0 bridgehead atoms. The number of aromatic nitrogens is 1. The van der Waals surface area contributed by atoms with Crippen LogP contribution < -0.4 is 0 Å². The van der Waals surface area contributed by atoms with Gasteiger partial charge in [0.25, 0.3) is 5.91 Å². The standard InChI is InChI=1S/C21H26N2O3/c1-13-18(15(3)24)14(2)22-19(13)21(26)23-11-9-17(10-12-23)20(25)16-7-5-4-6-8-16/h4-8,17,20,22,25H,9-12H2,1-3H3/t20-/m0/s1. The minimum absolute atomic E-state index is 0.0278. The number of carbonyl (C=O) groups excluding carboxylic acids is 2. The van der Waals surface area contributed by atoms with Crippen molar-refractivity contribution in [3.05, 3.63) is 58.4 Å². The minimum atomic E-state index is -0.493. The van der Waals surface area contributed by atoms with Gasteiger partial charge in [-0.2, -0.15) is 0 Å². The summed E-state index contributed by atoms with van der Waals surface area (Å²) in [6.07, 6.45) is 1.03. The van der Waals surface area contributed by atoms with E-state index >= 15 is 0 Å². The highest BCUT2D eigenvalue weighted by atomic mass is 16.3. The number of hydrogen-bond acceptors (Lipinski definition) is 3. The number of piperidine rings is 1. The zero-order chi connectivity index (χ0) is 18.8. The first-order valence-electron chi connectivity index (χ1n) is 9.12. The zero-order valence-corrected chi connectivity index (χ0v) is 15.6. The molecule has 1 aliphatic heterocycles. The Hall–Kier alpha value is -2.40. The number of Topliss-reactive ketones (excluding diaryl/α,β-unsaturated/α-hetero) is 1. The van der Waals surface area contributed by atoms with Gasteiger partial charge < -0.3 is 15.0 Å². The molecule has 2 N–H and O–H groups in total. The fourth-order valence-corrected chi connectivity index (χ4v) is 3.99. The van der Waals surface area contributed by atoms with Crippen LogP contribution in [0.5, 0.6) is 0 Å². The quantitative estimate of drug-likeness (QED) is 0.826. The molecular weight excluding hydrogens is 328 g/mol. The molecule has 0 spiro atoms. The Kier molecular flexibility index (Phi) is 5.28. The molecule has 0 unspecified atom stereocenters. The fraction of sp³-hybridized carbons (Fsp3) is 0.429. The number of H-pyrrole nitrogens is 1. The van der Waals surface area contributed by atoms with Crippen LogP contribution in [0, 0.1) is 19.8 Å². The van der Waals surface area contributed by atoms with Crippen LogP contribution in [0.1, 0.15) is 63.5 Å². The molecule has 1 atom stereocenters. The predicted octanol–water partition coefficient (Wildman–Crippen LogP) is 3.42. The van der Waals surface area contributed by atoms with Crippen LogP contribution in [0.4, 0.5) is 0 Å². The Morgan fingerprint density at radius 3 is 2.31 bits per heavy atom. The number of aromatic amines is 1. The van der Waals surface area contributed by atoms with E-state index in [2.05, 4.69) is 4.98 Å². The lowest BCUT2D eigenvalue weighted by atomic mass is 9.87. The molecule has 0 aliphatic carbocycles. The van der Waals surface area contributed by atoms with Crippen molar-refractivity contribution in [3.8, 4) is 0 Å². The van der Waals surface area contributed by atoms with Crippen LogP contribution in [-0.2, 0) is 0 Å². The van der Waals surface area contributed by atoms with E-state index in [9.17, 15) is 14.7 Å². The molecule has 1 aromatic heterocycles. The number of benzene rings is 1. The molecule has 2 aromatic rings. The first-order valence-corrected chi connectivity index (χ1v) is 9.12. The Balaban J connectivity index is 1.68.